The summed E-state index contributed by atoms with van der Waals surface area (Å²) in [6.45, 7) is 4.12. The number of rotatable bonds is 5. The van der Waals surface area contributed by atoms with Crippen molar-refractivity contribution in [1.82, 2.24) is 20.2 Å². The van der Waals surface area contributed by atoms with Crippen LogP contribution >= 0.6 is 11.8 Å². The lowest BCUT2D eigenvalue weighted by molar-refractivity contribution is 0.102. The van der Waals surface area contributed by atoms with Crippen molar-refractivity contribution in [1.29, 1.82) is 0 Å². The molecule has 4 rings (SSSR count). The zero-order valence-electron chi connectivity index (χ0n) is 15.5. The standard InChI is InChI=1S/C21H19N5OS/c1-13-12-23-26-21(13)28-14(2)16-9-10-22-19(11-16)25-20(27)18-8-7-15-5-3-4-6-17(15)24-18/h3-12,14H,1-2H3,(H,23,26)(H,22,25,27)/t14-/m0/s1. The Bertz CT molecular complexity index is 1140. The molecule has 1 aromatic carbocycles. The van der Waals surface area contributed by atoms with Crippen LogP contribution in [-0.4, -0.2) is 26.1 Å². The minimum Gasteiger partial charge on any atom is -0.305 e. The van der Waals surface area contributed by atoms with Gasteiger partial charge in [-0.15, -0.1) is 0 Å². The molecule has 7 heteroatoms. The van der Waals surface area contributed by atoms with Crippen LogP contribution in [-0.2, 0) is 0 Å². The fourth-order valence-electron chi connectivity index (χ4n) is 2.83. The predicted octanol–water partition coefficient (Wildman–Crippen LogP) is 4.77. The van der Waals surface area contributed by atoms with E-state index in [-0.39, 0.29) is 11.2 Å². The third-order valence-electron chi connectivity index (χ3n) is 4.40. The van der Waals surface area contributed by atoms with Gasteiger partial charge in [0.25, 0.3) is 5.91 Å². The number of aryl methyl sites for hydroxylation is 1. The molecule has 0 aliphatic carbocycles. The fourth-order valence-corrected chi connectivity index (χ4v) is 3.80. The number of nitrogens with zero attached hydrogens (tertiary/aromatic N) is 3. The molecule has 0 spiro atoms. The first kappa shape index (κ1) is 18.2. The Morgan fingerprint density at radius 3 is 2.86 bits per heavy atom. The maximum atomic E-state index is 12.6. The molecule has 0 aliphatic rings. The van der Waals surface area contributed by atoms with E-state index in [4.69, 9.17) is 0 Å². The summed E-state index contributed by atoms with van der Waals surface area (Å²) in [4.78, 5) is 21.3. The van der Waals surface area contributed by atoms with Gasteiger partial charge in [-0.2, -0.15) is 5.10 Å². The quantitative estimate of drug-likeness (QED) is 0.481. The van der Waals surface area contributed by atoms with Gasteiger partial charge < -0.3 is 5.32 Å². The molecule has 0 fully saturated rings. The Hall–Kier alpha value is -3.19. The molecule has 0 bridgehead atoms. The number of H-pyrrole nitrogens is 1. The second-order valence-corrected chi connectivity index (χ2v) is 7.78. The van der Waals surface area contributed by atoms with Gasteiger partial charge in [-0.3, -0.25) is 9.89 Å². The van der Waals surface area contributed by atoms with Crippen LogP contribution in [0.15, 0.2) is 66.0 Å². The summed E-state index contributed by atoms with van der Waals surface area (Å²) in [7, 11) is 0. The smallest absolute Gasteiger partial charge is 0.275 e. The van der Waals surface area contributed by atoms with Crippen molar-refractivity contribution in [3.63, 3.8) is 0 Å². The van der Waals surface area contributed by atoms with Crippen molar-refractivity contribution >= 4 is 34.4 Å². The predicted molar refractivity (Wildman–Crippen MR) is 112 cm³/mol. The normalized spacial score (nSPS) is 12.1. The molecule has 0 saturated carbocycles. The molecule has 1 amide bonds. The van der Waals surface area contributed by atoms with Gasteiger partial charge in [-0.25, -0.2) is 9.97 Å². The summed E-state index contributed by atoms with van der Waals surface area (Å²) in [5, 5.41) is 12.1. The van der Waals surface area contributed by atoms with Crippen LogP contribution in [0, 0.1) is 6.92 Å². The molecular formula is C21H19N5OS. The Morgan fingerprint density at radius 1 is 1.18 bits per heavy atom. The highest BCUT2D eigenvalue weighted by Crippen LogP contribution is 2.35. The number of nitrogens with one attached hydrogen (secondary N) is 2. The highest BCUT2D eigenvalue weighted by Gasteiger charge is 2.14. The Labute approximate surface area is 166 Å². The maximum Gasteiger partial charge on any atom is 0.275 e. The van der Waals surface area contributed by atoms with E-state index >= 15 is 0 Å². The van der Waals surface area contributed by atoms with E-state index in [0.717, 1.165) is 27.1 Å². The summed E-state index contributed by atoms with van der Waals surface area (Å²) >= 11 is 1.66. The van der Waals surface area contributed by atoms with E-state index < -0.39 is 0 Å². The van der Waals surface area contributed by atoms with E-state index in [9.17, 15) is 4.79 Å². The molecule has 140 valence electrons. The summed E-state index contributed by atoms with van der Waals surface area (Å²) in [5.74, 6) is 0.225. The number of thioether (sulfide) groups is 1. The topological polar surface area (TPSA) is 83.6 Å². The first-order chi connectivity index (χ1) is 13.6. The number of anilines is 1. The summed E-state index contributed by atoms with van der Waals surface area (Å²) in [5.41, 5.74) is 3.32. The zero-order chi connectivity index (χ0) is 19.5. The fraction of sp³-hybridized carbons (Fsp3) is 0.143. The minimum absolute atomic E-state index is 0.166. The molecule has 4 aromatic rings. The number of carbonyl (C=O) groups is 1. The molecule has 0 saturated heterocycles. The van der Waals surface area contributed by atoms with Gasteiger partial charge in [0.15, 0.2) is 0 Å². The number of aromatic amines is 1. The lowest BCUT2D eigenvalue weighted by atomic mass is 10.2. The van der Waals surface area contributed by atoms with E-state index in [1.165, 1.54) is 0 Å². The first-order valence-electron chi connectivity index (χ1n) is 8.90. The van der Waals surface area contributed by atoms with Gasteiger partial charge in [-0.05, 0) is 43.7 Å². The van der Waals surface area contributed by atoms with E-state index in [0.29, 0.717) is 11.5 Å². The monoisotopic (exact) mass is 389 g/mol. The molecule has 2 N–H and O–H groups in total. The number of benzene rings is 1. The lowest BCUT2D eigenvalue weighted by Gasteiger charge is -2.12. The van der Waals surface area contributed by atoms with Crippen molar-refractivity contribution in [2.45, 2.75) is 24.1 Å². The number of amides is 1. The summed E-state index contributed by atoms with van der Waals surface area (Å²) < 4.78 is 0. The number of carbonyl (C=O) groups excluding carboxylic acids is 1. The average molecular weight is 389 g/mol. The van der Waals surface area contributed by atoms with Crippen LogP contribution in [0.5, 0.6) is 0 Å². The van der Waals surface area contributed by atoms with Gasteiger partial charge in [-0.1, -0.05) is 36.0 Å². The lowest BCUT2D eigenvalue weighted by Crippen LogP contribution is -2.14. The molecule has 0 radical (unpaired) electrons. The second-order valence-electron chi connectivity index (χ2n) is 6.45. The van der Waals surface area contributed by atoms with Gasteiger partial charge in [0.05, 0.1) is 5.52 Å². The molecule has 3 aromatic heterocycles. The van der Waals surface area contributed by atoms with E-state index in [2.05, 4.69) is 32.4 Å². The Morgan fingerprint density at radius 2 is 2.04 bits per heavy atom. The third kappa shape index (κ3) is 3.89. The second kappa shape index (κ2) is 7.82. The van der Waals surface area contributed by atoms with E-state index in [1.807, 2.05) is 55.6 Å². The molecule has 0 aliphatic heterocycles. The first-order valence-corrected chi connectivity index (χ1v) is 9.78. The van der Waals surface area contributed by atoms with E-state index in [1.54, 1.807) is 24.0 Å². The van der Waals surface area contributed by atoms with Gasteiger partial charge in [0.1, 0.15) is 16.5 Å². The number of hydrogen-bond donors (Lipinski definition) is 2. The van der Waals surface area contributed by atoms with Gasteiger partial charge >= 0.3 is 0 Å². The van der Waals surface area contributed by atoms with Crippen LogP contribution in [0.2, 0.25) is 0 Å². The number of hydrogen-bond acceptors (Lipinski definition) is 5. The highest BCUT2D eigenvalue weighted by molar-refractivity contribution is 7.99. The van der Waals surface area contributed by atoms with Crippen molar-refractivity contribution in [2.75, 3.05) is 5.32 Å². The number of para-hydroxylation sites is 1. The third-order valence-corrected chi connectivity index (χ3v) is 5.66. The zero-order valence-corrected chi connectivity index (χ0v) is 16.3. The Balaban J connectivity index is 1.50. The SMILES string of the molecule is Cc1c[nH]nc1S[C@@H](C)c1ccnc(NC(=O)c2ccc3ccccc3n2)c1. The molecular weight excluding hydrogens is 370 g/mol. The van der Waals surface area contributed by atoms with Gasteiger partial charge in [0, 0.05) is 28.6 Å². The van der Waals surface area contributed by atoms with Gasteiger partial charge in [0.2, 0.25) is 0 Å². The molecule has 28 heavy (non-hydrogen) atoms. The number of pyridine rings is 2. The number of fused-ring (bicyclic) bond motifs is 1. The van der Waals surface area contributed by atoms with Crippen LogP contribution in [0.3, 0.4) is 0 Å². The van der Waals surface area contributed by atoms with Crippen molar-refractivity contribution < 1.29 is 4.79 Å². The molecule has 3 heterocycles. The molecule has 0 unspecified atom stereocenters. The largest absolute Gasteiger partial charge is 0.305 e. The van der Waals surface area contributed by atoms with Crippen molar-refractivity contribution in [3.8, 4) is 0 Å². The summed E-state index contributed by atoms with van der Waals surface area (Å²) in [6.07, 6.45) is 3.58. The van der Waals surface area contributed by atoms with Crippen LogP contribution in [0.1, 0.15) is 33.8 Å². The molecule has 1 atom stereocenters. The van der Waals surface area contributed by atoms with Crippen molar-refractivity contribution in [2.24, 2.45) is 0 Å². The van der Waals surface area contributed by atoms with Crippen LogP contribution in [0.4, 0.5) is 5.82 Å². The maximum absolute atomic E-state index is 12.6. The highest BCUT2D eigenvalue weighted by atomic mass is 32.2. The van der Waals surface area contributed by atoms with Crippen molar-refractivity contribution in [3.05, 3.63) is 77.7 Å². The average Bonchev–Trinajstić information content (AvgIpc) is 3.12. The minimum atomic E-state index is -0.279. The number of aromatic nitrogens is 4. The summed E-state index contributed by atoms with van der Waals surface area (Å²) in [6, 6.07) is 15.2. The van der Waals surface area contributed by atoms with Crippen LogP contribution < -0.4 is 5.32 Å². The molecule has 6 nitrogen and oxygen atoms in total. The van der Waals surface area contributed by atoms with Crippen LogP contribution in [0.25, 0.3) is 10.9 Å². The Kier molecular flexibility index (Phi) is 5.08.